The molecule has 0 fully saturated rings. The minimum atomic E-state index is -0.677. The number of hydrogen-bond donors (Lipinski definition) is 3. The number of nitrogens with one attached hydrogen (secondary N) is 2. The molecule has 4 aromatic rings. The van der Waals surface area contributed by atoms with E-state index in [4.69, 9.17) is 22.1 Å². The van der Waals surface area contributed by atoms with Crippen molar-refractivity contribution in [3.8, 4) is 11.8 Å². The standard InChI is InChI=1S/C21H16ClN7O2/c22-14-5-2-6-15(11-14)27-20-17(18(23)30)19(28-29-20)26-12-13-4-1-7-16(10-13)31-21-24-8-3-9-25-21/h1-12H,(H2,23,30)(H2,27,28,29). The van der Waals surface area contributed by atoms with Gasteiger partial charge in [-0.25, -0.2) is 15.0 Å². The lowest BCUT2D eigenvalue weighted by Crippen LogP contribution is -2.12. The number of carbonyl (C=O) groups excluding carboxylic acids is 1. The zero-order chi connectivity index (χ0) is 21.6. The highest BCUT2D eigenvalue weighted by Crippen LogP contribution is 2.27. The Kier molecular flexibility index (Phi) is 5.86. The van der Waals surface area contributed by atoms with Crippen molar-refractivity contribution in [1.82, 2.24) is 20.2 Å². The Balaban J connectivity index is 1.56. The second-order valence-corrected chi connectivity index (χ2v) is 6.70. The number of aromatic amines is 1. The van der Waals surface area contributed by atoms with Crippen LogP contribution in [-0.4, -0.2) is 32.3 Å². The maximum atomic E-state index is 12.0. The van der Waals surface area contributed by atoms with Gasteiger partial charge in [-0.1, -0.05) is 29.8 Å². The Morgan fingerprint density at radius 2 is 1.94 bits per heavy atom. The van der Waals surface area contributed by atoms with Crippen LogP contribution < -0.4 is 15.8 Å². The Morgan fingerprint density at radius 3 is 2.71 bits per heavy atom. The molecule has 31 heavy (non-hydrogen) atoms. The molecule has 0 aliphatic heterocycles. The number of carbonyl (C=O) groups is 1. The summed E-state index contributed by atoms with van der Waals surface area (Å²) in [6, 6.07) is 16.1. The first-order chi connectivity index (χ1) is 15.1. The van der Waals surface area contributed by atoms with Crippen LogP contribution in [0.1, 0.15) is 15.9 Å². The van der Waals surface area contributed by atoms with E-state index in [2.05, 4.69) is 30.5 Å². The molecule has 2 aromatic carbocycles. The third-order valence-electron chi connectivity index (χ3n) is 4.03. The van der Waals surface area contributed by atoms with E-state index in [1.165, 1.54) is 0 Å². The molecular weight excluding hydrogens is 418 g/mol. The number of rotatable bonds is 7. The van der Waals surface area contributed by atoms with E-state index >= 15 is 0 Å². The zero-order valence-electron chi connectivity index (χ0n) is 16.0. The summed E-state index contributed by atoms with van der Waals surface area (Å²) in [4.78, 5) is 24.4. The minimum absolute atomic E-state index is 0.126. The number of H-pyrrole nitrogens is 1. The summed E-state index contributed by atoms with van der Waals surface area (Å²) in [6.45, 7) is 0. The summed E-state index contributed by atoms with van der Waals surface area (Å²) in [5, 5.41) is 10.4. The van der Waals surface area contributed by atoms with E-state index in [0.717, 1.165) is 5.56 Å². The number of nitrogens with zero attached hydrogens (tertiary/aromatic N) is 4. The fourth-order valence-electron chi connectivity index (χ4n) is 2.70. The Morgan fingerprint density at radius 1 is 1.13 bits per heavy atom. The van der Waals surface area contributed by atoms with Crippen molar-refractivity contribution in [3.05, 3.63) is 83.1 Å². The van der Waals surface area contributed by atoms with E-state index < -0.39 is 5.91 Å². The van der Waals surface area contributed by atoms with Crippen LogP contribution in [0.3, 0.4) is 0 Å². The molecule has 2 heterocycles. The number of aliphatic imine (C=N–C) groups is 1. The number of nitrogens with two attached hydrogens (primary N) is 1. The molecule has 0 unspecified atom stereocenters. The smallest absolute Gasteiger partial charge is 0.321 e. The predicted octanol–water partition coefficient (Wildman–Crippen LogP) is 4.24. The van der Waals surface area contributed by atoms with Crippen LogP contribution in [0.2, 0.25) is 5.02 Å². The zero-order valence-corrected chi connectivity index (χ0v) is 16.7. The van der Waals surface area contributed by atoms with Gasteiger partial charge in [0, 0.05) is 29.3 Å². The van der Waals surface area contributed by atoms with Gasteiger partial charge in [-0.2, -0.15) is 5.10 Å². The molecule has 4 rings (SSSR count). The molecule has 154 valence electrons. The number of aromatic nitrogens is 4. The molecule has 0 atom stereocenters. The molecule has 0 saturated carbocycles. The summed E-state index contributed by atoms with van der Waals surface area (Å²) in [6.07, 6.45) is 4.72. The van der Waals surface area contributed by atoms with Crippen LogP contribution in [0, 0.1) is 0 Å². The average molecular weight is 434 g/mol. The summed E-state index contributed by atoms with van der Waals surface area (Å²) in [7, 11) is 0. The van der Waals surface area contributed by atoms with Gasteiger partial charge in [-0.3, -0.25) is 9.89 Å². The Bertz CT molecular complexity index is 1240. The lowest BCUT2D eigenvalue weighted by Gasteiger charge is -2.05. The SMILES string of the molecule is NC(=O)c1c(N=Cc2cccc(Oc3ncccn3)c2)n[nH]c1Nc1cccc(Cl)c1. The molecule has 0 radical (unpaired) electrons. The Labute approximate surface area is 182 Å². The van der Waals surface area contributed by atoms with Gasteiger partial charge in [0.2, 0.25) is 0 Å². The first-order valence-corrected chi connectivity index (χ1v) is 9.46. The van der Waals surface area contributed by atoms with Gasteiger partial charge < -0.3 is 15.8 Å². The molecule has 2 aromatic heterocycles. The number of halogens is 1. The highest BCUT2D eigenvalue weighted by atomic mass is 35.5. The third-order valence-corrected chi connectivity index (χ3v) is 4.27. The number of ether oxygens (including phenoxy) is 1. The molecule has 0 spiro atoms. The van der Waals surface area contributed by atoms with Gasteiger partial charge in [0.1, 0.15) is 17.1 Å². The number of hydrogen-bond acceptors (Lipinski definition) is 7. The number of anilines is 2. The molecular formula is C21H16ClN7O2. The predicted molar refractivity (Wildman–Crippen MR) is 118 cm³/mol. The van der Waals surface area contributed by atoms with E-state index in [9.17, 15) is 4.79 Å². The lowest BCUT2D eigenvalue weighted by molar-refractivity contribution is 0.100. The summed E-state index contributed by atoms with van der Waals surface area (Å²) >= 11 is 6.00. The highest BCUT2D eigenvalue weighted by molar-refractivity contribution is 6.30. The molecule has 10 heteroatoms. The van der Waals surface area contributed by atoms with Crippen molar-refractivity contribution in [1.29, 1.82) is 0 Å². The highest BCUT2D eigenvalue weighted by Gasteiger charge is 2.18. The van der Waals surface area contributed by atoms with Crippen molar-refractivity contribution >= 4 is 41.0 Å². The van der Waals surface area contributed by atoms with Crippen molar-refractivity contribution in [2.45, 2.75) is 0 Å². The van der Waals surface area contributed by atoms with Gasteiger partial charge in [-0.15, -0.1) is 0 Å². The van der Waals surface area contributed by atoms with Gasteiger partial charge in [0.05, 0.1) is 0 Å². The normalized spacial score (nSPS) is 10.9. The summed E-state index contributed by atoms with van der Waals surface area (Å²) in [5.41, 5.74) is 7.06. The maximum absolute atomic E-state index is 12.0. The average Bonchev–Trinajstić information content (AvgIpc) is 3.16. The van der Waals surface area contributed by atoms with Crippen molar-refractivity contribution < 1.29 is 9.53 Å². The van der Waals surface area contributed by atoms with Crippen molar-refractivity contribution in [2.24, 2.45) is 10.7 Å². The van der Waals surface area contributed by atoms with Crippen LogP contribution in [-0.2, 0) is 0 Å². The van der Waals surface area contributed by atoms with Crippen LogP contribution in [0.15, 0.2) is 72.0 Å². The van der Waals surface area contributed by atoms with E-state index in [1.807, 2.05) is 6.07 Å². The van der Waals surface area contributed by atoms with Crippen LogP contribution in [0.25, 0.3) is 0 Å². The molecule has 0 bridgehead atoms. The summed E-state index contributed by atoms with van der Waals surface area (Å²) in [5.74, 6) is 0.328. The lowest BCUT2D eigenvalue weighted by atomic mass is 10.2. The Hall–Kier alpha value is -4.24. The first-order valence-electron chi connectivity index (χ1n) is 9.08. The monoisotopic (exact) mass is 433 g/mol. The van der Waals surface area contributed by atoms with Crippen LogP contribution >= 0.6 is 11.6 Å². The molecule has 4 N–H and O–H groups in total. The van der Waals surface area contributed by atoms with E-state index in [-0.39, 0.29) is 17.4 Å². The topological polar surface area (TPSA) is 131 Å². The second-order valence-electron chi connectivity index (χ2n) is 6.26. The first kappa shape index (κ1) is 20.0. The van der Waals surface area contributed by atoms with Crippen LogP contribution in [0.4, 0.5) is 17.3 Å². The van der Waals surface area contributed by atoms with E-state index in [1.54, 1.807) is 67.1 Å². The van der Waals surface area contributed by atoms with Gasteiger partial charge in [0.15, 0.2) is 5.82 Å². The van der Waals surface area contributed by atoms with Crippen molar-refractivity contribution in [2.75, 3.05) is 5.32 Å². The van der Waals surface area contributed by atoms with Gasteiger partial charge in [0.25, 0.3) is 5.91 Å². The number of amides is 1. The maximum Gasteiger partial charge on any atom is 0.321 e. The molecule has 0 aliphatic rings. The second kappa shape index (κ2) is 9.06. The van der Waals surface area contributed by atoms with Crippen LogP contribution in [0.5, 0.6) is 11.8 Å². The van der Waals surface area contributed by atoms with Crippen molar-refractivity contribution in [3.63, 3.8) is 0 Å². The largest absolute Gasteiger partial charge is 0.424 e. The molecule has 1 amide bonds. The number of benzene rings is 2. The molecule has 0 saturated heterocycles. The molecule has 9 nitrogen and oxygen atoms in total. The quantitative estimate of drug-likeness (QED) is 0.373. The van der Waals surface area contributed by atoms with E-state index in [0.29, 0.717) is 22.3 Å². The fraction of sp³-hybridized carbons (Fsp3) is 0. The van der Waals surface area contributed by atoms with Gasteiger partial charge >= 0.3 is 6.01 Å². The fourth-order valence-corrected chi connectivity index (χ4v) is 2.89. The third kappa shape index (κ3) is 5.03. The van der Waals surface area contributed by atoms with Gasteiger partial charge in [-0.05, 0) is 42.0 Å². The molecule has 0 aliphatic carbocycles. The summed E-state index contributed by atoms with van der Waals surface area (Å²) < 4.78 is 5.61. The minimum Gasteiger partial charge on any atom is -0.424 e. The number of primary amides is 1.